The highest BCUT2D eigenvalue weighted by Gasteiger charge is 2.18. The van der Waals surface area contributed by atoms with E-state index in [1.807, 2.05) is 12.1 Å². The molecule has 2 aromatic rings. The van der Waals surface area contributed by atoms with Crippen molar-refractivity contribution in [3.63, 3.8) is 0 Å². The number of aromatic nitrogens is 2. The highest BCUT2D eigenvalue weighted by atomic mass is 16.5. The van der Waals surface area contributed by atoms with E-state index in [0.29, 0.717) is 6.54 Å². The first-order valence-corrected chi connectivity index (χ1v) is 7.97. The number of hydrogen-bond donors (Lipinski definition) is 3. The van der Waals surface area contributed by atoms with Crippen molar-refractivity contribution in [1.29, 1.82) is 0 Å². The van der Waals surface area contributed by atoms with E-state index in [-0.39, 0.29) is 12.1 Å². The van der Waals surface area contributed by atoms with Crippen molar-refractivity contribution in [2.24, 2.45) is 0 Å². The fourth-order valence-electron chi connectivity index (χ4n) is 2.72. The van der Waals surface area contributed by atoms with E-state index in [0.717, 1.165) is 42.1 Å². The molecule has 3 rings (SSSR count). The van der Waals surface area contributed by atoms with Crippen molar-refractivity contribution < 1.29 is 4.74 Å². The third kappa shape index (κ3) is 3.97. The van der Waals surface area contributed by atoms with E-state index in [2.05, 4.69) is 27.5 Å². The average Bonchev–Trinajstić information content (AvgIpc) is 3.07. The molecule has 1 saturated heterocycles. The Morgan fingerprint density at radius 3 is 2.96 bits per heavy atom. The van der Waals surface area contributed by atoms with Crippen molar-refractivity contribution >= 4 is 5.69 Å². The Morgan fingerprint density at radius 2 is 2.17 bits per heavy atom. The number of nitrogens with one attached hydrogen (secondary N) is 2. The lowest BCUT2D eigenvalue weighted by Crippen LogP contribution is -2.22. The molecule has 23 heavy (non-hydrogen) atoms. The summed E-state index contributed by atoms with van der Waals surface area (Å²) in [6, 6.07) is 3.92. The molecule has 6 nitrogen and oxygen atoms in total. The van der Waals surface area contributed by atoms with Gasteiger partial charge in [-0.05, 0) is 32.0 Å². The molecule has 6 heteroatoms. The number of nitrogens with zero attached hydrogens (tertiary/aromatic N) is 2. The Labute approximate surface area is 136 Å². The second-order valence-electron chi connectivity index (χ2n) is 5.82. The van der Waals surface area contributed by atoms with E-state index >= 15 is 0 Å². The predicted octanol–water partition coefficient (Wildman–Crippen LogP) is 1.65. The molecule has 0 spiro atoms. The summed E-state index contributed by atoms with van der Waals surface area (Å²) in [6.45, 7) is 4.67. The fraction of sp³-hybridized carbons (Fsp3) is 0.412. The number of nitrogens with two attached hydrogens (primary N) is 1. The van der Waals surface area contributed by atoms with Crippen LogP contribution in [-0.2, 0) is 6.54 Å². The van der Waals surface area contributed by atoms with Crippen LogP contribution in [0.4, 0.5) is 5.69 Å². The molecule has 1 aliphatic heterocycles. The van der Waals surface area contributed by atoms with E-state index in [1.165, 1.54) is 0 Å². The van der Waals surface area contributed by atoms with Crippen LogP contribution in [0.1, 0.15) is 30.5 Å². The number of pyridine rings is 2. The molecule has 122 valence electrons. The molecular formula is C17H23N5O. The summed E-state index contributed by atoms with van der Waals surface area (Å²) in [5, 5.41) is 6.79. The molecule has 1 fully saturated rings. The molecule has 0 aromatic carbocycles. The third-order valence-electron chi connectivity index (χ3n) is 4.13. The molecule has 1 unspecified atom stereocenters. The second-order valence-corrected chi connectivity index (χ2v) is 5.82. The maximum absolute atomic E-state index is 6.07. The zero-order valence-electron chi connectivity index (χ0n) is 13.3. The van der Waals surface area contributed by atoms with Crippen molar-refractivity contribution in [2.45, 2.75) is 32.0 Å². The Kier molecular flexibility index (Phi) is 5.05. The summed E-state index contributed by atoms with van der Waals surface area (Å²) in [4.78, 5) is 8.33. The monoisotopic (exact) mass is 313 g/mol. The predicted molar refractivity (Wildman–Crippen MR) is 90.0 cm³/mol. The summed E-state index contributed by atoms with van der Waals surface area (Å²) in [5.41, 5.74) is 8.86. The van der Waals surface area contributed by atoms with Crippen molar-refractivity contribution in [1.82, 2.24) is 20.6 Å². The number of ether oxygens (including phenoxy) is 1. The summed E-state index contributed by atoms with van der Waals surface area (Å²) >= 11 is 0. The lowest BCUT2D eigenvalue weighted by atomic mass is 10.1. The molecule has 1 aliphatic rings. The van der Waals surface area contributed by atoms with Crippen molar-refractivity contribution in [2.75, 3.05) is 18.8 Å². The van der Waals surface area contributed by atoms with Crippen LogP contribution in [0.3, 0.4) is 0 Å². The summed E-state index contributed by atoms with van der Waals surface area (Å²) in [6.07, 6.45) is 8.35. The van der Waals surface area contributed by atoms with Gasteiger partial charge in [0.15, 0.2) is 0 Å². The molecule has 0 aliphatic carbocycles. The van der Waals surface area contributed by atoms with Gasteiger partial charge in [0.1, 0.15) is 11.9 Å². The molecular weight excluding hydrogens is 290 g/mol. The summed E-state index contributed by atoms with van der Waals surface area (Å²) < 4.78 is 6.07. The summed E-state index contributed by atoms with van der Waals surface area (Å²) in [7, 11) is 0. The second kappa shape index (κ2) is 7.39. The van der Waals surface area contributed by atoms with Gasteiger partial charge in [-0.15, -0.1) is 0 Å². The number of nitrogen functional groups attached to an aromatic ring is 1. The van der Waals surface area contributed by atoms with Gasteiger partial charge in [-0.2, -0.15) is 0 Å². The van der Waals surface area contributed by atoms with Gasteiger partial charge in [-0.1, -0.05) is 0 Å². The third-order valence-corrected chi connectivity index (χ3v) is 4.13. The van der Waals surface area contributed by atoms with Crippen LogP contribution in [0.5, 0.6) is 5.75 Å². The Bertz CT molecular complexity index is 642. The largest absolute Gasteiger partial charge is 0.487 e. The van der Waals surface area contributed by atoms with Gasteiger partial charge in [-0.25, -0.2) is 0 Å². The van der Waals surface area contributed by atoms with Crippen LogP contribution >= 0.6 is 0 Å². The first kappa shape index (κ1) is 15.7. The Morgan fingerprint density at radius 1 is 1.35 bits per heavy atom. The van der Waals surface area contributed by atoms with Crippen LogP contribution in [0, 0.1) is 0 Å². The normalized spacial score (nSPS) is 18.7. The molecule has 0 radical (unpaired) electrons. The molecule has 0 bridgehead atoms. The summed E-state index contributed by atoms with van der Waals surface area (Å²) in [5.74, 6) is 0.847. The molecule has 2 atom stereocenters. The molecule has 3 heterocycles. The van der Waals surface area contributed by atoms with Gasteiger partial charge in [0.25, 0.3) is 0 Å². The highest BCUT2D eigenvalue weighted by Crippen LogP contribution is 2.22. The standard InChI is InChI=1S/C17H23N5O/c1-12(15-10-20-7-4-16(15)18)22-8-13-2-5-21-11-17(13)23-14-3-6-19-9-14/h2,4-5,7,10-12,14,19,22H,3,6,8-9H2,1H3,(H2,18,20)/t12?,14-/m0/s1. The minimum absolute atomic E-state index is 0.109. The zero-order valence-corrected chi connectivity index (χ0v) is 13.3. The van der Waals surface area contributed by atoms with Crippen LogP contribution in [-0.4, -0.2) is 29.2 Å². The zero-order chi connectivity index (χ0) is 16.1. The molecule has 0 amide bonds. The van der Waals surface area contributed by atoms with Gasteiger partial charge in [-0.3, -0.25) is 9.97 Å². The Hall–Kier alpha value is -2.18. The van der Waals surface area contributed by atoms with Crippen molar-refractivity contribution in [3.05, 3.63) is 48.0 Å². The first-order chi connectivity index (χ1) is 11.2. The smallest absolute Gasteiger partial charge is 0.142 e. The average molecular weight is 313 g/mol. The van der Waals surface area contributed by atoms with Gasteiger partial charge in [0.2, 0.25) is 0 Å². The number of anilines is 1. The van der Waals surface area contributed by atoms with Gasteiger partial charge < -0.3 is 21.1 Å². The maximum Gasteiger partial charge on any atom is 0.142 e. The lowest BCUT2D eigenvalue weighted by Gasteiger charge is -2.19. The topological polar surface area (TPSA) is 85.1 Å². The first-order valence-electron chi connectivity index (χ1n) is 7.97. The fourth-order valence-corrected chi connectivity index (χ4v) is 2.72. The quantitative estimate of drug-likeness (QED) is 0.752. The molecule has 0 saturated carbocycles. The lowest BCUT2D eigenvalue weighted by molar-refractivity contribution is 0.219. The van der Waals surface area contributed by atoms with Crippen LogP contribution in [0.25, 0.3) is 0 Å². The highest BCUT2D eigenvalue weighted by molar-refractivity contribution is 5.46. The number of rotatable bonds is 6. The van der Waals surface area contributed by atoms with E-state index < -0.39 is 0 Å². The van der Waals surface area contributed by atoms with Crippen LogP contribution in [0.2, 0.25) is 0 Å². The molecule has 2 aromatic heterocycles. The van der Waals surface area contributed by atoms with Crippen molar-refractivity contribution in [3.8, 4) is 5.75 Å². The van der Waals surface area contributed by atoms with E-state index in [4.69, 9.17) is 10.5 Å². The van der Waals surface area contributed by atoms with Gasteiger partial charge in [0, 0.05) is 54.5 Å². The minimum Gasteiger partial charge on any atom is -0.487 e. The van der Waals surface area contributed by atoms with E-state index in [1.54, 1.807) is 24.8 Å². The molecule has 4 N–H and O–H groups in total. The number of hydrogen-bond acceptors (Lipinski definition) is 6. The minimum atomic E-state index is 0.109. The SMILES string of the molecule is CC(NCc1ccncc1O[C@H]1CCNC1)c1cnccc1N. The van der Waals surface area contributed by atoms with E-state index in [9.17, 15) is 0 Å². The van der Waals surface area contributed by atoms with Gasteiger partial charge >= 0.3 is 0 Å². The van der Waals surface area contributed by atoms with Crippen LogP contribution in [0.15, 0.2) is 36.9 Å². The van der Waals surface area contributed by atoms with Gasteiger partial charge in [0.05, 0.1) is 6.20 Å². The van der Waals surface area contributed by atoms with Crippen LogP contribution < -0.4 is 21.1 Å². The Balaban J connectivity index is 1.64. The maximum atomic E-state index is 6.07.